The molecule has 0 fully saturated rings. The smallest absolute Gasteiger partial charge is 0.0874 e. The maximum absolute atomic E-state index is 8.08. The SMILES string of the molecule is Cc1ccc2c(c1)C(=N)C(=N)c1ccccc1-2. The molecule has 0 bridgehead atoms. The Hall–Kier alpha value is -2.22. The van der Waals surface area contributed by atoms with Gasteiger partial charge in [-0.1, -0.05) is 42.0 Å². The third-order valence-electron chi connectivity index (χ3n) is 3.18. The summed E-state index contributed by atoms with van der Waals surface area (Å²) in [5.41, 5.74) is 5.61. The van der Waals surface area contributed by atoms with Crippen LogP contribution in [-0.2, 0) is 0 Å². The molecule has 0 aromatic heterocycles. The van der Waals surface area contributed by atoms with Gasteiger partial charge in [0.15, 0.2) is 0 Å². The van der Waals surface area contributed by atoms with Crippen LogP contribution in [0, 0.1) is 17.7 Å². The first-order chi connectivity index (χ1) is 8.18. The lowest BCUT2D eigenvalue weighted by Gasteiger charge is -2.21. The van der Waals surface area contributed by atoms with Crippen LogP contribution in [0.4, 0.5) is 0 Å². The third kappa shape index (κ3) is 1.34. The molecule has 0 saturated heterocycles. The van der Waals surface area contributed by atoms with Crippen LogP contribution in [0.2, 0.25) is 0 Å². The summed E-state index contributed by atoms with van der Waals surface area (Å²) >= 11 is 0. The van der Waals surface area contributed by atoms with Crippen molar-refractivity contribution in [1.82, 2.24) is 0 Å². The van der Waals surface area contributed by atoms with E-state index < -0.39 is 0 Å². The third-order valence-corrected chi connectivity index (χ3v) is 3.18. The fourth-order valence-corrected chi connectivity index (χ4v) is 2.31. The first-order valence-electron chi connectivity index (χ1n) is 5.57. The van der Waals surface area contributed by atoms with Gasteiger partial charge < -0.3 is 0 Å². The molecule has 82 valence electrons. The maximum Gasteiger partial charge on any atom is 0.0874 e. The second-order valence-electron chi connectivity index (χ2n) is 4.34. The Morgan fingerprint density at radius 2 is 1.29 bits per heavy atom. The Bertz CT molecular complexity index is 654. The van der Waals surface area contributed by atoms with Gasteiger partial charge in [0.25, 0.3) is 0 Å². The number of aryl methyl sites for hydroxylation is 1. The molecule has 0 unspecified atom stereocenters. The van der Waals surface area contributed by atoms with Crippen LogP contribution in [-0.4, -0.2) is 11.4 Å². The van der Waals surface area contributed by atoms with Crippen molar-refractivity contribution < 1.29 is 0 Å². The van der Waals surface area contributed by atoms with E-state index >= 15 is 0 Å². The highest BCUT2D eigenvalue weighted by molar-refractivity contribution is 6.54. The normalized spacial score (nSPS) is 13.2. The highest BCUT2D eigenvalue weighted by Gasteiger charge is 2.23. The van der Waals surface area contributed by atoms with Crippen LogP contribution in [0.5, 0.6) is 0 Å². The number of nitrogens with one attached hydrogen (secondary N) is 2. The van der Waals surface area contributed by atoms with Gasteiger partial charge in [0.05, 0.1) is 11.4 Å². The van der Waals surface area contributed by atoms with Gasteiger partial charge in [-0.15, -0.1) is 0 Å². The minimum Gasteiger partial charge on any atom is -0.298 e. The molecule has 1 aliphatic rings. The molecule has 2 aromatic carbocycles. The maximum atomic E-state index is 8.08. The van der Waals surface area contributed by atoms with Gasteiger partial charge >= 0.3 is 0 Å². The second-order valence-corrected chi connectivity index (χ2v) is 4.34. The monoisotopic (exact) mass is 220 g/mol. The summed E-state index contributed by atoms with van der Waals surface area (Å²) in [6, 6.07) is 13.9. The first-order valence-corrected chi connectivity index (χ1v) is 5.57. The lowest BCUT2D eigenvalue weighted by Crippen LogP contribution is -2.21. The molecule has 2 N–H and O–H groups in total. The van der Waals surface area contributed by atoms with E-state index in [0.29, 0.717) is 11.4 Å². The van der Waals surface area contributed by atoms with E-state index in [4.69, 9.17) is 10.8 Å². The molecule has 2 aromatic rings. The predicted octanol–water partition coefficient (Wildman–Crippen LogP) is 3.41. The van der Waals surface area contributed by atoms with Gasteiger partial charge in [-0.05, 0) is 24.1 Å². The summed E-state index contributed by atoms with van der Waals surface area (Å²) in [5, 5.41) is 16.1. The Kier molecular flexibility index (Phi) is 1.99. The van der Waals surface area contributed by atoms with Gasteiger partial charge in [0, 0.05) is 11.1 Å². The van der Waals surface area contributed by atoms with E-state index in [1.165, 1.54) is 0 Å². The summed E-state index contributed by atoms with van der Waals surface area (Å²) in [6.45, 7) is 2.01. The van der Waals surface area contributed by atoms with Crippen LogP contribution in [0.3, 0.4) is 0 Å². The van der Waals surface area contributed by atoms with Crippen LogP contribution in [0.1, 0.15) is 16.7 Å². The van der Waals surface area contributed by atoms with E-state index in [0.717, 1.165) is 27.8 Å². The summed E-state index contributed by atoms with van der Waals surface area (Å²) in [7, 11) is 0. The summed E-state index contributed by atoms with van der Waals surface area (Å²) in [5.74, 6) is 0. The zero-order valence-electron chi connectivity index (χ0n) is 9.54. The fraction of sp³-hybridized carbons (Fsp3) is 0.0667. The average molecular weight is 220 g/mol. The molecule has 3 rings (SSSR count). The van der Waals surface area contributed by atoms with Gasteiger partial charge in [-0.25, -0.2) is 0 Å². The van der Waals surface area contributed by atoms with Gasteiger partial charge in [-0.3, -0.25) is 10.8 Å². The number of fused-ring (bicyclic) bond motifs is 3. The van der Waals surface area contributed by atoms with Crippen molar-refractivity contribution in [3.05, 3.63) is 59.2 Å². The molecular formula is C15H12N2. The molecule has 2 heteroatoms. The van der Waals surface area contributed by atoms with Crippen molar-refractivity contribution in [3.8, 4) is 11.1 Å². The van der Waals surface area contributed by atoms with Crippen molar-refractivity contribution in [1.29, 1.82) is 10.8 Å². The highest BCUT2D eigenvalue weighted by atomic mass is 14.5. The molecule has 0 radical (unpaired) electrons. The van der Waals surface area contributed by atoms with Crippen LogP contribution < -0.4 is 0 Å². The molecule has 17 heavy (non-hydrogen) atoms. The van der Waals surface area contributed by atoms with E-state index in [1.54, 1.807) is 0 Å². The number of hydrogen-bond donors (Lipinski definition) is 2. The van der Waals surface area contributed by atoms with Crippen LogP contribution >= 0.6 is 0 Å². The quantitative estimate of drug-likeness (QED) is 0.683. The van der Waals surface area contributed by atoms with Gasteiger partial charge in [0.1, 0.15) is 0 Å². The number of benzene rings is 2. The minimum atomic E-state index is 0.318. The van der Waals surface area contributed by atoms with Crippen molar-refractivity contribution in [2.45, 2.75) is 6.92 Å². The Balaban J connectivity index is 2.40. The molecule has 1 aliphatic carbocycles. The van der Waals surface area contributed by atoms with E-state index in [9.17, 15) is 0 Å². The van der Waals surface area contributed by atoms with Gasteiger partial charge in [-0.2, -0.15) is 0 Å². The fourth-order valence-electron chi connectivity index (χ4n) is 2.31. The zero-order valence-corrected chi connectivity index (χ0v) is 9.54. The average Bonchev–Trinajstić information content (AvgIpc) is 2.36. The van der Waals surface area contributed by atoms with Crippen LogP contribution in [0.25, 0.3) is 11.1 Å². The van der Waals surface area contributed by atoms with Gasteiger partial charge in [0.2, 0.25) is 0 Å². The summed E-state index contributed by atoms with van der Waals surface area (Å²) in [4.78, 5) is 0. The van der Waals surface area contributed by atoms with Crippen molar-refractivity contribution in [3.63, 3.8) is 0 Å². The highest BCUT2D eigenvalue weighted by Crippen LogP contribution is 2.33. The Morgan fingerprint density at radius 3 is 2.06 bits per heavy atom. The zero-order chi connectivity index (χ0) is 12.0. The molecule has 0 saturated carbocycles. The summed E-state index contributed by atoms with van der Waals surface area (Å²) in [6.07, 6.45) is 0. The van der Waals surface area contributed by atoms with Crippen molar-refractivity contribution >= 4 is 11.4 Å². The molecule has 0 spiro atoms. The second kappa shape index (κ2) is 3.39. The predicted molar refractivity (Wildman–Crippen MR) is 70.3 cm³/mol. The van der Waals surface area contributed by atoms with Crippen molar-refractivity contribution in [2.75, 3.05) is 0 Å². The standard InChI is InChI=1S/C15H12N2/c1-9-6-7-11-10-4-2-3-5-12(10)14(16)15(17)13(11)8-9/h2-8,16-17H,1H3. The number of rotatable bonds is 0. The molecule has 2 nitrogen and oxygen atoms in total. The lowest BCUT2D eigenvalue weighted by atomic mass is 9.82. The minimum absolute atomic E-state index is 0.318. The van der Waals surface area contributed by atoms with Crippen LogP contribution in [0.15, 0.2) is 42.5 Å². The Labute approximate surface area is 99.9 Å². The Morgan fingerprint density at radius 1 is 0.706 bits per heavy atom. The molecule has 0 aliphatic heterocycles. The van der Waals surface area contributed by atoms with E-state index in [1.807, 2.05) is 43.3 Å². The van der Waals surface area contributed by atoms with Crippen molar-refractivity contribution in [2.24, 2.45) is 0 Å². The molecule has 0 atom stereocenters. The summed E-state index contributed by atoms with van der Waals surface area (Å²) < 4.78 is 0. The molecule has 0 amide bonds. The topological polar surface area (TPSA) is 47.7 Å². The first kappa shape index (κ1) is 9.97. The lowest BCUT2D eigenvalue weighted by molar-refractivity contribution is 1.39. The largest absolute Gasteiger partial charge is 0.298 e. The molecule has 0 heterocycles. The van der Waals surface area contributed by atoms with E-state index in [-0.39, 0.29) is 0 Å². The number of hydrogen-bond acceptors (Lipinski definition) is 2. The van der Waals surface area contributed by atoms with E-state index in [2.05, 4.69) is 6.07 Å². The molecular weight excluding hydrogens is 208 g/mol.